The monoisotopic (exact) mass is 330 g/mol. The Morgan fingerprint density at radius 2 is 1.83 bits per heavy atom. The molecule has 0 aliphatic carbocycles. The van der Waals surface area contributed by atoms with Gasteiger partial charge in [-0.3, -0.25) is 9.59 Å². The van der Waals surface area contributed by atoms with Gasteiger partial charge in [-0.2, -0.15) is 0 Å². The van der Waals surface area contributed by atoms with Gasteiger partial charge in [0.05, 0.1) is 12.0 Å². The largest absolute Gasteiger partial charge is 0.459 e. The van der Waals surface area contributed by atoms with Crippen LogP contribution in [0.3, 0.4) is 0 Å². The van der Waals surface area contributed by atoms with E-state index in [1.807, 2.05) is 11.8 Å². The summed E-state index contributed by atoms with van der Waals surface area (Å²) in [6, 6.07) is 6.28. The maximum Gasteiger partial charge on any atom is 0.289 e. The summed E-state index contributed by atoms with van der Waals surface area (Å²) in [4.78, 5) is 27.3. The van der Waals surface area contributed by atoms with E-state index >= 15 is 0 Å². The fourth-order valence-corrected chi connectivity index (χ4v) is 2.87. The molecule has 2 aromatic rings. The second-order valence-electron chi connectivity index (χ2n) is 5.93. The van der Waals surface area contributed by atoms with Crippen LogP contribution in [-0.2, 0) is 0 Å². The van der Waals surface area contributed by atoms with E-state index in [9.17, 15) is 14.0 Å². The first-order chi connectivity index (χ1) is 11.5. The van der Waals surface area contributed by atoms with Crippen molar-refractivity contribution in [1.29, 1.82) is 0 Å². The van der Waals surface area contributed by atoms with Gasteiger partial charge in [0, 0.05) is 37.3 Å². The maximum absolute atomic E-state index is 14.2. The number of aryl methyl sites for hydroxylation is 1. The zero-order valence-corrected chi connectivity index (χ0v) is 13.7. The average molecular weight is 330 g/mol. The normalized spacial score (nSPS) is 14.8. The van der Waals surface area contributed by atoms with Gasteiger partial charge in [-0.25, -0.2) is 4.39 Å². The lowest BCUT2D eigenvalue weighted by Crippen LogP contribution is -2.49. The zero-order chi connectivity index (χ0) is 17.3. The minimum atomic E-state index is -0.413. The van der Waals surface area contributed by atoms with Crippen molar-refractivity contribution >= 4 is 17.4 Å². The summed E-state index contributed by atoms with van der Waals surface area (Å²) in [6.45, 7) is 5.29. The number of piperazine rings is 1. The lowest BCUT2D eigenvalue weighted by molar-refractivity contribution is 0.0713. The number of rotatable bonds is 3. The highest BCUT2D eigenvalue weighted by atomic mass is 19.1. The molecule has 1 aliphatic rings. The lowest BCUT2D eigenvalue weighted by Gasteiger charge is -2.36. The van der Waals surface area contributed by atoms with Gasteiger partial charge in [-0.15, -0.1) is 0 Å². The Labute approximate surface area is 139 Å². The van der Waals surface area contributed by atoms with Crippen molar-refractivity contribution in [1.82, 2.24) is 4.90 Å². The molecule has 5 nitrogen and oxygen atoms in total. The Kier molecular flexibility index (Phi) is 4.38. The van der Waals surface area contributed by atoms with Crippen LogP contribution in [-0.4, -0.2) is 42.8 Å². The number of benzene rings is 1. The number of hydrogen-bond acceptors (Lipinski definition) is 4. The van der Waals surface area contributed by atoms with Gasteiger partial charge in [-0.1, -0.05) is 0 Å². The summed E-state index contributed by atoms with van der Waals surface area (Å²) in [5.41, 5.74) is 1.63. The van der Waals surface area contributed by atoms with E-state index < -0.39 is 5.82 Å². The van der Waals surface area contributed by atoms with Gasteiger partial charge in [0.2, 0.25) is 0 Å². The Hall–Kier alpha value is -2.63. The fraction of sp³-hybridized carbons (Fsp3) is 0.333. The van der Waals surface area contributed by atoms with Crippen molar-refractivity contribution in [2.75, 3.05) is 31.1 Å². The summed E-state index contributed by atoms with van der Waals surface area (Å²) in [5, 5.41) is 0. The van der Waals surface area contributed by atoms with Gasteiger partial charge in [0.25, 0.3) is 5.91 Å². The number of anilines is 1. The Balaban J connectivity index is 1.68. The van der Waals surface area contributed by atoms with E-state index in [2.05, 4.69) is 0 Å². The van der Waals surface area contributed by atoms with E-state index in [0.717, 1.165) is 5.56 Å². The number of halogens is 1. The van der Waals surface area contributed by atoms with Gasteiger partial charge < -0.3 is 14.2 Å². The Morgan fingerprint density at radius 3 is 2.38 bits per heavy atom. The number of amides is 1. The Bertz CT molecular complexity index is 776. The van der Waals surface area contributed by atoms with Gasteiger partial charge in [0.1, 0.15) is 5.82 Å². The minimum Gasteiger partial charge on any atom is -0.459 e. The molecule has 1 amide bonds. The second-order valence-corrected chi connectivity index (χ2v) is 5.93. The number of nitrogens with zero attached hydrogens (tertiary/aromatic N) is 2. The molecule has 0 atom stereocenters. The predicted octanol–water partition coefficient (Wildman–Crippen LogP) is 2.89. The highest BCUT2D eigenvalue weighted by Crippen LogP contribution is 2.23. The third-order valence-electron chi connectivity index (χ3n) is 4.32. The predicted molar refractivity (Wildman–Crippen MR) is 88.0 cm³/mol. The molecule has 1 aromatic heterocycles. The molecule has 1 saturated heterocycles. The van der Waals surface area contributed by atoms with Crippen LogP contribution in [0.5, 0.6) is 0 Å². The molecule has 126 valence electrons. The number of carbonyl (C=O) groups excluding carboxylic acids is 2. The van der Waals surface area contributed by atoms with Gasteiger partial charge >= 0.3 is 0 Å². The van der Waals surface area contributed by atoms with Crippen molar-refractivity contribution < 1.29 is 18.4 Å². The SMILES string of the molecule is CC(=O)c1ccc(N2CCN(C(=O)c3occc3C)CC2)c(F)c1. The number of ketones is 1. The molecular formula is C18H19FN2O3. The van der Waals surface area contributed by atoms with Crippen LogP contribution in [0.1, 0.15) is 33.4 Å². The quantitative estimate of drug-likeness (QED) is 0.812. The fourth-order valence-electron chi connectivity index (χ4n) is 2.87. The van der Waals surface area contributed by atoms with Crippen molar-refractivity contribution in [3.8, 4) is 0 Å². The first kappa shape index (κ1) is 16.2. The lowest BCUT2D eigenvalue weighted by atomic mass is 10.1. The summed E-state index contributed by atoms with van der Waals surface area (Å²) in [7, 11) is 0. The zero-order valence-electron chi connectivity index (χ0n) is 13.7. The molecule has 1 aliphatic heterocycles. The molecule has 24 heavy (non-hydrogen) atoms. The van der Waals surface area contributed by atoms with Gasteiger partial charge in [-0.05, 0) is 38.1 Å². The molecule has 0 bridgehead atoms. The molecule has 0 spiro atoms. The van der Waals surface area contributed by atoms with E-state index in [4.69, 9.17) is 4.42 Å². The standard InChI is InChI=1S/C18H19FN2O3/c1-12-5-10-24-17(12)18(23)21-8-6-20(7-9-21)16-4-3-14(13(2)22)11-15(16)19/h3-5,10-11H,6-9H2,1-2H3. The summed E-state index contributed by atoms with van der Waals surface area (Å²) >= 11 is 0. The topological polar surface area (TPSA) is 53.8 Å². The van der Waals surface area contributed by atoms with E-state index in [1.54, 1.807) is 23.1 Å². The smallest absolute Gasteiger partial charge is 0.289 e. The van der Waals surface area contributed by atoms with Gasteiger partial charge in [0.15, 0.2) is 11.5 Å². The van der Waals surface area contributed by atoms with E-state index in [1.165, 1.54) is 19.3 Å². The van der Waals surface area contributed by atoms with Crippen LogP contribution in [0.15, 0.2) is 34.9 Å². The van der Waals surface area contributed by atoms with E-state index in [0.29, 0.717) is 43.2 Å². The molecule has 2 heterocycles. The molecule has 0 radical (unpaired) electrons. The van der Waals surface area contributed by atoms with E-state index in [-0.39, 0.29) is 11.7 Å². The average Bonchev–Trinajstić information content (AvgIpc) is 3.00. The highest BCUT2D eigenvalue weighted by Gasteiger charge is 2.26. The summed E-state index contributed by atoms with van der Waals surface area (Å²) in [6.07, 6.45) is 1.50. The summed E-state index contributed by atoms with van der Waals surface area (Å²) in [5.74, 6) is -0.348. The first-order valence-electron chi connectivity index (χ1n) is 7.86. The third-order valence-corrected chi connectivity index (χ3v) is 4.32. The Morgan fingerprint density at radius 1 is 1.12 bits per heavy atom. The molecule has 0 N–H and O–H groups in total. The van der Waals surface area contributed by atoms with Crippen LogP contribution in [0.25, 0.3) is 0 Å². The molecule has 1 fully saturated rings. The number of hydrogen-bond donors (Lipinski definition) is 0. The van der Waals surface area contributed by atoms with Crippen LogP contribution in [0.4, 0.5) is 10.1 Å². The molecular weight excluding hydrogens is 311 g/mol. The van der Waals surface area contributed by atoms with Crippen molar-refractivity contribution in [3.05, 3.63) is 53.2 Å². The number of furan rings is 1. The molecule has 1 aromatic carbocycles. The highest BCUT2D eigenvalue weighted by molar-refractivity contribution is 5.94. The molecule has 6 heteroatoms. The van der Waals surface area contributed by atoms with Crippen LogP contribution in [0.2, 0.25) is 0 Å². The van der Waals surface area contributed by atoms with Crippen molar-refractivity contribution in [2.45, 2.75) is 13.8 Å². The summed E-state index contributed by atoms with van der Waals surface area (Å²) < 4.78 is 19.5. The van der Waals surface area contributed by atoms with Crippen LogP contribution >= 0.6 is 0 Å². The number of Topliss-reactive ketones (excluding diaryl/α,β-unsaturated/α-hetero) is 1. The first-order valence-corrected chi connectivity index (χ1v) is 7.86. The molecule has 0 unspecified atom stereocenters. The number of carbonyl (C=O) groups is 2. The minimum absolute atomic E-state index is 0.135. The second kappa shape index (κ2) is 6.47. The van der Waals surface area contributed by atoms with Crippen LogP contribution in [0, 0.1) is 12.7 Å². The van der Waals surface area contributed by atoms with Crippen molar-refractivity contribution in [3.63, 3.8) is 0 Å². The molecule has 0 saturated carbocycles. The van der Waals surface area contributed by atoms with Crippen molar-refractivity contribution in [2.24, 2.45) is 0 Å². The van der Waals surface area contributed by atoms with Crippen LogP contribution < -0.4 is 4.90 Å². The maximum atomic E-state index is 14.2. The molecule has 3 rings (SSSR count). The third kappa shape index (κ3) is 3.04.